The smallest absolute Gasteiger partial charge is 0.253 e. The molecule has 1 amide bonds. The van der Waals surface area contributed by atoms with Crippen LogP contribution in [0.15, 0.2) is 71.3 Å². The number of ether oxygens (including phenoxy) is 1. The summed E-state index contributed by atoms with van der Waals surface area (Å²) in [5.74, 6) is 3.19. The van der Waals surface area contributed by atoms with Crippen molar-refractivity contribution >= 4 is 22.9 Å². The summed E-state index contributed by atoms with van der Waals surface area (Å²) in [4.78, 5) is 14.7. The summed E-state index contributed by atoms with van der Waals surface area (Å²) >= 11 is 0. The Morgan fingerprint density at radius 2 is 1.83 bits per heavy atom. The number of methoxy groups -OCH3 is 1. The van der Waals surface area contributed by atoms with Crippen molar-refractivity contribution in [2.24, 2.45) is 0 Å². The van der Waals surface area contributed by atoms with E-state index < -0.39 is 0 Å². The molecule has 0 atom stereocenters. The molecule has 1 aromatic carbocycles. The van der Waals surface area contributed by atoms with E-state index in [0.717, 1.165) is 34.3 Å². The van der Waals surface area contributed by atoms with Crippen LogP contribution in [-0.2, 0) is 6.54 Å². The predicted octanol–water partition coefficient (Wildman–Crippen LogP) is 4.55. The molecule has 0 aliphatic rings. The maximum atomic E-state index is 12.6. The zero-order valence-corrected chi connectivity index (χ0v) is 16.7. The molecule has 4 aromatic rings. The number of carbonyl (C=O) groups is 1. The minimum absolute atomic E-state index is 0.146. The maximum absolute atomic E-state index is 12.6. The van der Waals surface area contributed by atoms with E-state index in [9.17, 15) is 4.79 Å². The van der Waals surface area contributed by atoms with Gasteiger partial charge in [0.25, 0.3) is 5.91 Å². The third kappa shape index (κ3) is 3.82. The predicted molar refractivity (Wildman–Crippen MR) is 113 cm³/mol. The van der Waals surface area contributed by atoms with Crippen molar-refractivity contribution in [3.8, 4) is 5.75 Å². The van der Waals surface area contributed by atoms with Gasteiger partial charge in [-0.15, -0.1) is 0 Å². The highest BCUT2D eigenvalue weighted by molar-refractivity contribution is 5.94. The van der Waals surface area contributed by atoms with Crippen LogP contribution in [0.4, 0.5) is 11.5 Å². The van der Waals surface area contributed by atoms with Gasteiger partial charge in [-0.1, -0.05) is 0 Å². The van der Waals surface area contributed by atoms with Crippen molar-refractivity contribution in [3.05, 3.63) is 83.9 Å². The molecule has 4 rings (SSSR count). The average molecular weight is 389 g/mol. The van der Waals surface area contributed by atoms with Crippen molar-refractivity contribution < 1.29 is 13.9 Å². The molecular weight excluding hydrogens is 366 g/mol. The SMILES string of the molecule is COc1ccc(N(C)c2ccc3ccc(C(=O)NCc4ccc(C)o4)cn23)cc1. The summed E-state index contributed by atoms with van der Waals surface area (Å²) in [6.45, 7) is 2.24. The van der Waals surface area contributed by atoms with Gasteiger partial charge in [-0.05, 0) is 67.6 Å². The maximum Gasteiger partial charge on any atom is 0.253 e. The summed E-state index contributed by atoms with van der Waals surface area (Å²) in [5.41, 5.74) is 2.62. The first-order chi connectivity index (χ1) is 14.0. The molecule has 3 heterocycles. The lowest BCUT2D eigenvalue weighted by atomic mass is 10.2. The monoisotopic (exact) mass is 389 g/mol. The number of anilines is 2. The Morgan fingerprint density at radius 3 is 2.52 bits per heavy atom. The summed E-state index contributed by atoms with van der Waals surface area (Å²) in [5, 5.41) is 2.90. The van der Waals surface area contributed by atoms with Gasteiger partial charge in [-0.3, -0.25) is 4.79 Å². The second kappa shape index (κ2) is 7.75. The zero-order chi connectivity index (χ0) is 20.4. The van der Waals surface area contributed by atoms with Crippen LogP contribution < -0.4 is 15.0 Å². The molecule has 0 saturated heterocycles. The first kappa shape index (κ1) is 18.7. The first-order valence-corrected chi connectivity index (χ1v) is 9.37. The molecule has 0 aliphatic heterocycles. The van der Waals surface area contributed by atoms with Crippen LogP contribution in [0.2, 0.25) is 0 Å². The Labute approximate surface area is 169 Å². The number of rotatable bonds is 6. The van der Waals surface area contributed by atoms with Gasteiger partial charge in [-0.25, -0.2) is 0 Å². The van der Waals surface area contributed by atoms with Gasteiger partial charge in [-0.2, -0.15) is 0 Å². The van der Waals surface area contributed by atoms with Gasteiger partial charge in [0, 0.05) is 24.4 Å². The fraction of sp³-hybridized carbons (Fsp3) is 0.174. The van der Waals surface area contributed by atoms with E-state index >= 15 is 0 Å². The Hall–Kier alpha value is -3.67. The Morgan fingerprint density at radius 1 is 1.07 bits per heavy atom. The second-order valence-electron chi connectivity index (χ2n) is 6.86. The summed E-state index contributed by atoms with van der Waals surface area (Å²) in [6, 6.07) is 19.4. The number of hydrogen-bond acceptors (Lipinski definition) is 4. The molecule has 0 fully saturated rings. The third-order valence-electron chi connectivity index (χ3n) is 4.91. The lowest BCUT2D eigenvalue weighted by Crippen LogP contribution is -2.23. The number of carbonyl (C=O) groups excluding carboxylic acids is 1. The number of aromatic nitrogens is 1. The number of furan rings is 1. The summed E-state index contributed by atoms with van der Waals surface area (Å²) in [6.07, 6.45) is 1.85. The highest BCUT2D eigenvalue weighted by Gasteiger charge is 2.12. The second-order valence-corrected chi connectivity index (χ2v) is 6.86. The Kier molecular flexibility index (Phi) is 4.99. The van der Waals surface area contributed by atoms with Gasteiger partial charge in [0.1, 0.15) is 23.1 Å². The molecule has 1 N–H and O–H groups in total. The molecular formula is C23H23N3O3. The van der Waals surface area contributed by atoms with Crippen molar-refractivity contribution in [1.82, 2.24) is 9.72 Å². The minimum Gasteiger partial charge on any atom is -0.497 e. The van der Waals surface area contributed by atoms with Crippen molar-refractivity contribution in [3.63, 3.8) is 0 Å². The lowest BCUT2D eigenvalue weighted by Gasteiger charge is -2.20. The molecule has 0 aliphatic carbocycles. The molecule has 0 bridgehead atoms. The molecule has 6 heteroatoms. The van der Waals surface area contributed by atoms with E-state index in [-0.39, 0.29) is 5.91 Å². The largest absolute Gasteiger partial charge is 0.497 e. The van der Waals surface area contributed by atoms with Crippen LogP contribution in [0, 0.1) is 6.92 Å². The number of aryl methyl sites for hydroxylation is 1. The van der Waals surface area contributed by atoms with Gasteiger partial charge >= 0.3 is 0 Å². The Bertz CT molecular complexity index is 1140. The van der Waals surface area contributed by atoms with Crippen LogP contribution in [0.3, 0.4) is 0 Å². The Balaban J connectivity index is 1.57. The minimum atomic E-state index is -0.146. The number of pyridine rings is 1. The molecule has 0 radical (unpaired) electrons. The number of nitrogens with one attached hydrogen (secondary N) is 1. The summed E-state index contributed by atoms with van der Waals surface area (Å²) < 4.78 is 12.8. The fourth-order valence-corrected chi connectivity index (χ4v) is 3.28. The molecule has 0 unspecified atom stereocenters. The third-order valence-corrected chi connectivity index (χ3v) is 4.91. The van der Waals surface area contributed by atoms with Crippen LogP contribution in [0.5, 0.6) is 5.75 Å². The standard InChI is InChI=1S/C23H23N3O3/c1-16-4-10-21(29-16)14-24-23(27)17-5-6-19-9-13-22(26(19)15-17)25(2)18-7-11-20(28-3)12-8-18/h4-13,15H,14H2,1-3H3,(H,24,27). The first-order valence-electron chi connectivity index (χ1n) is 9.37. The number of benzene rings is 1. The molecule has 6 nitrogen and oxygen atoms in total. The highest BCUT2D eigenvalue weighted by atomic mass is 16.5. The van der Waals surface area contributed by atoms with Crippen molar-refractivity contribution in [2.45, 2.75) is 13.5 Å². The fourth-order valence-electron chi connectivity index (χ4n) is 3.28. The van der Waals surface area contributed by atoms with Crippen molar-refractivity contribution in [2.75, 3.05) is 19.1 Å². The normalized spacial score (nSPS) is 10.9. The number of amides is 1. The lowest BCUT2D eigenvalue weighted by molar-refractivity contribution is 0.0947. The van der Waals surface area contributed by atoms with E-state index in [4.69, 9.17) is 9.15 Å². The van der Waals surface area contributed by atoms with E-state index in [1.807, 2.05) is 85.2 Å². The average Bonchev–Trinajstić information content (AvgIpc) is 3.37. The van der Waals surface area contributed by atoms with E-state index in [0.29, 0.717) is 12.1 Å². The molecule has 29 heavy (non-hydrogen) atoms. The van der Waals surface area contributed by atoms with Crippen LogP contribution in [0.1, 0.15) is 21.9 Å². The van der Waals surface area contributed by atoms with Crippen LogP contribution in [-0.4, -0.2) is 24.5 Å². The number of nitrogens with zero attached hydrogens (tertiary/aromatic N) is 2. The van der Waals surface area contributed by atoms with E-state index in [2.05, 4.69) is 10.2 Å². The van der Waals surface area contributed by atoms with Gasteiger partial charge in [0.05, 0.1) is 19.2 Å². The van der Waals surface area contributed by atoms with Crippen LogP contribution in [0.25, 0.3) is 5.52 Å². The van der Waals surface area contributed by atoms with Gasteiger partial charge < -0.3 is 23.8 Å². The topological polar surface area (TPSA) is 59.1 Å². The molecule has 0 spiro atoms. The zero-order valence-electron chi connectivity index (χ0n) is 16.7. The number of fused-ring (bicyclic) bond motifs is 1. The van der Waals surface area contributed by atoms with Gasteiger partial charge in [0.2, 0.25) is 0 Å². The molecule has 148 valence electrons. The molecule has 0 saturated carbocycles. The van der Waals surface area contributed by atoms with Gasteiger partial charge in [0.15, 0.2) is 0 Å². The van der Waals surface area contributed by atoms with E-state index in [1.165, 1.54) is 0 Å². The van der Waals surface area contributed by atoms with E-state index in [1.54, 1.807) is 7.11 Å². The quantitative estimate of drug-likeness (QED) is 0.526. The highest BCUT2D eigenvalue weighted by Crippen LogP contribution is 2.27. The molecule has 3 aromatic heterocycles. The number of hydrogen-bond donors (Lipinski definition) is 1. The summed E-state index contributed by atoms with van der Waals surface area (Å²) in [7, 11) is 3.65. The van der Waals surface area contributed by atoms with Crippen molar-refractivity contribution in [1.29, 1.82) is 0 Å². The van der Waals surface area contributed by atoms with Crippen LogP contribution >= 0.6 is 0 Å².